The van der Waals surface area contributed by atoms with Gasteiger partial charge in [0.15, 0.2) is 0 Å². The molecule has 0 saturated heterocycles. The first-order chi connectivity index (χ1) is 11.4. The number of aryl methyl sites for hydroxylation is 2. The minimum absolute atomic E-state index is 0.0979. The molecule has 2 nitrogen and oxygen atoms in total. The van der Waals surface area contributed by atoms with Gasteiger partial charge >= 0.3 is 0 Å². The molecule has 128 valence electrons. The van der Waals surface area contributed by atoms with Gasteiger partial charge in [-0.25, -0.2) is 0 Å². The first-order valence-corrected chi connectivity index (χ1v) is 9.40. The first kappa shape index (κ1) is 18.6. The Hall–Kier alpha value is -1.74. The number of thioether (sulfide) groups is 1. The molecule has 0 spiro atoms. The third-order valence-corrected chi connectivity index (χ3v) is 5.93. The quantitative estimate of drug-likeness (QED) is 0.755. The number of hydrogen-bond donors (Lipinski definition) is 1. The monoisotopic (exact) mass is 341 g/mol. The lowest BCUT2D eigenvalue weighted by Crippen LogP contribution is -2.29. The summed E-state index contributed by atoms with van der Waals surface area (Å²) in [6.07, 6.45) is 0. The van der Waals surface area contributed by atoms with E-state index in [1.165, 1.54) is 32.7 Å². The number of hydrogen-bond acceptors (Lipinski definition) is 2. The van der Waals surface area contributed by atoms with Crippen molar-refractivity contribution in [3.05, 3.63) is 64.2 Å². The van der Waals surface area contributed by atoms with Crippen molar-refractivity contribution in [2.45, 2.75) is 45.4 Å². The Morgan fingerprint density at radius 1 is 1.04 bits per heavy atom. The minimum atomic E-state index is 0.0979. The van der Waals surface area contributed by atoms with Gasteiger partial charge in [0.25, 0.3) is 0 Å². The summed E-state index contributed by atoms with van der Waals surface area (Å²) in [5, 5.41) is 3.06. The fourth-order valence-corrected chi connectivity index (χ4v) is 3.88. The van der Waals surface area contributed by atoms with Crippen molar-refractivity contribution < 1.29 is 4.79 Å². The number of carbonyl (C=O) groups excluding carboxylic acids is 1. The van der Waals surface area contributed by atoms with Gasteiger partial charge in [0.1, 0.15) is 0 Å². The van der Waals surface area contributed by atoms with Crippen LogP contribution in [0.2, 0.25) is 0 Å². The molecule has 2 rings (SSSR count). The van der Waals surface area contributed by atoms with E-state index in [0.29, 0.717) is 18.2 Å². The Morgan fingerprint density at radius 2 is 1.62 bits per heavy atom. The van der Waals surface area contributed by atoms with Gasteiger partial charge < -0.3 is 5.32 Å². The van der Waals surface area contributed by atoms with Crippen LogP contribution in [-0.2, 0) is 4.79 Å². The second-order valence-corrected chi connectivity index (χ2v) is 7.48. The number of benzene rings is 2. The molecule has 0 aliphatic carbocycles. The molecule has 0 aromatic heterocycles. The van der Waals surface area contributed by atoms with Crippen molar-refractivity contribution >= 4 is 17.7 Å². The van der Waals surface area contributed by atoms with Gasteiger partial charge in [0.2, 0.25) is 5.91 Å². The van der Waals surface area contributed by atoms with Gasteiger partial charge in [-0.05, 0) is 61.4 Å². The molecule has 0 fully saturated rings. The van der Waals surface area contributed by atoms with Crippen LogP contribution < -0.4 is 5.32 Å². The Bertz CT molecular complexity index is 683. The third-order valence-electron chi connectivity index (χ3n) is 4.62. The average molecular weight is 342 g/mol. The SMILES string of the molecule is Cc1cc(C)c(C)c(SCC(=O)NC[C@H](C)c2ccccc2)c1C. The lowest BCUT2D eigenvalue weighted by Gasteiger charge is -2.16. The minimum Gasteiger partial charge on any atom is -0.355 e. The van der Waals surface area contributed by atoms with Crippen LogP contribution in [0.25, 0.3) is 0 Å². The van der Waals surface area contributed by atoms with Gasteiger partial charge in [-0.3, -0.25) is 4.79 Å². The van der Waals surface area contributed by atoms with Crippen molar-refractivity contribution in [1.82, 2.24) is 5.32 Å². The van der Waals surface area contributed by atoms with Crippen LogP contribution in [0.3, 0.4) is 0 Å². The lowest BCUT2D eigenvalue weighted by molar-refractivity contribution is -0.118. The third kappa shape index (κ3) is 4.64. The molecule has 2 aromatic carbocycles. The summed E-state index contributed by atoms with van der Waals surface area (Å²) in [7, 11) is 0. The average Bonchev–Trinajstić information content (AvgIpc) is 2.58. The van der Waals surface area contributed by atoms with Crippen molar-refractivity contribution in [2.75, 3.05) is 12.3 Å². The molecule has 0 aliphatic heterocycles. The van der Waals surface area contributed by atoms with Crippen LogP contribution in [0.15, 0.2) is 41.3 Å². The predicted molar refractivity (Wildman–Crippen MR) is 104 cm³/mol. The smallest absolute Gasteiger partial charge is 0.230 e. The highest BCUT2D eigenvalue weighted by molar-refractivity contribution is 8.00. The van der Waals surface area contributed by atoms with Crippen molar-refractivity contribution in [3.63, 3.8) is 0 Å². The fourth-order valence-electron chi connectivity index (χ4n) is 2.75. The Labute approximate surface area is 150 Å². The summed E-state index contributed by atoms with van der Waals surface area (Å²) in [5.74, 6) is 0.886. The molecule has 0 bridgehead atoms. The van der Waals surface area contributed by atoms with Gasteiger partial charge in [0.05, 0.1) is 5.75 Å². The maximum atomic E-state index is 12.2. The zero-order valence-electron chi connectivity index (χ0n) is 15.3. The topological polar surface area (TPSA) is 29.1 Å². The summed E-state index contributed by atoms with van der Waals surface area (Å²) in [4.78, 5) is 13.5. The molecule has 1 amide bonds. The van der Waals surface area contributed by atoms with Crippen LogP contribution in [0.1, 0.15) is 40.7 Å². The van der Waals surface area contributed by atoms with E-state index in [2.05, 4.69) is 58.1 Å². The number of nitrogens with one attached hydrogen (secondary N) is 1. The van der Waals surface area contributed by atoms with Crippen LogP contribution in [0, 0.1) is 27.7 Å². The van der Waals surface area contributed by atoms with Gasteiger partial charge in [-0.2, -0.15) is 0 Å². The largest absolute Gasteiger partial charge is 0.355 e. The molecule has 0 heterocycles. The molecule has 0 saturated carbocycles. The second-order valence-electron chi connectivity index (χ2n) is 6.49. The van der Waals surface area contributed by atoms with Crippen LogP contribution in [-0.4, -0.2) is 18.2 Å². The molecule has 3 heteroatoms. The van der Waals surface area contributed by atoms with E-state index in [1.807, 2.05) is 18.2 Å². The molecule has 0 radical (unpaired) electrons. The number of rotatable bonds is 6. The van der Waals surface area contributed by atoms with Crippen molar-refractivity contribution in [2.24, 2.45) is 0 Å². The summed E-state index contributed by atoms with van der Waals surface area (Å²) in [6.45, 7) is 11.4. The van der Waals surface area contributed by atoms with E-state index in [9.17, 15) is 4.79 Å². The molecular formula is C21H27NOS. The molecule has 24 heavy (non-hydrogen) atoms. The van der Waals surface area contributed by atoms with E-state index < -0.39 is 0 Å². The highest BCUT2D eigenvalue weighted by atomic mass is 32.2. The van der Waals surface area contributed by atoms with Crippen LogP contribution in [0.5, 0.6) is 0 Å². The van der Waals surface area contributed by atoms with E-state index in [1.54, 1.807) is 11.8 Å². The van der Waals surface area contributed by atoms with Crippen LogP contribution in [0.4, 0.5) is 0 Å². The maximum absolute atomic E-state index is 12.2. The molecule has 0 aliphatic rings. The molecular weight excluding hydrogens is 314 g/mol. The van der Waals surface area contributed by atoms with Gasteiger partial charge in [-0.1, -0.05) is 43.3 Å². The van der Waals surface area contributed by atoms with Crippen molar-refractivity contribution in [3.8, 4) is 0 Å². The Kier molecular flexibility index (Phi) is 6.50. The Balaban J connectivity index is 1.90. The standard InChI is InChI=1S/C21H27NOS/c1-14-11-15(2)18(5)21(17(14)4)24-13-20(23)22-12-16(3)19-9-7-6-8-10-19/h6-11,16H,12-13H2,1-5H3,(H,22,23)/t16-/m0/s1. The summed E-state index contributed by atoms with van der Waals surface area (Å²) >= 11 is 1.65. The highest BCUT2D eigenvalue weighted by Gasteiger charge is 2.12. The zero-order chi connectivity index (χ0) is 17.7. The first-order valence-electron chi connectivity index (χ1n) is 8.42. The van der Waals surface area contributed by atoms with Crippen LogP contribution >= 0.6 is 11.8 Å². The molecule has 1 N–H and O–H groups in total. The fraction of sp³-hybridized carbons (Fsp3) is 0.381. The van der Waals surface area contributed by atoms with E-state index in [4.69, 9.17) is 0 Å². The van der Waals surface area contributed by atoms with E-state index in [0.717, 1.165) is 0 Å². The molecule has 1 atom stereocenters. The highest BCUT2D eigenvalue weighted by Crippen LogP contribution is 2.30. The lowest BCUT2D eigenvalue weighted by atomic mass is 10.0. The number of carbonyl (C=O) groups is 1. The molecule has 0 unspecified atom stereocenters. The summed E-state index contributed by atoms with van der Waals surface area (Å²) < 4.78 is 0. The van der Waals surface area contributed by atoms with Gasteiger partial charge in [0, 0.05) is 11.4 Å². The van der Waals surface area contributed by atoms with Crippen molar-refractivity contribution in [1.29, 1.82) is 0 Å². The molecule has 2 aromatic rings. The Morgan fingerprint density at radius 3 is 2.21 bits per heavy atom. The summed E-state index contributed by atoms with van der Waals surface area (Å²) in [6, 6.07) is 12.5. The summed E-state index contributed by atoms with van der Waals surface area (Å²) in [5.41, 5.74) is 6.41. The predicted octanol–water partition coefficient (Wildman–Crippen LogP) is 4.93. The number of amides is 1. The maximum Gasteiger partial charge on any atom is 0.230 e. The van der Waals surface area contributed by atoms with E-state index in [-0.39, 0.29) is 5.91 Å². The zero-order valence-corrected chi connectivity index (χ0v) is 16.1. The van der Waals surface area contributed by atoms with E-state index >= 15 is 0 Å². The van der Waals surface area contributed by atoms with Gasteiger partial charge in [-0.15, -0.1) is 11.8 Å². The normalized spacial score (nSPS) is 12.0. The second kappa shape index (κ2) is 8.39.